The van der Waals surface area contributed by atoms with Gasteiger partial charge in [-0.05, 0) is 25.8 Å². The normalized spacial score (nSPS) is 15.5. The van der Waals surface area contributed by atoms with E-state index in [0.717, 1.165) is 22.1 Å². The van der Waals surface area contributed by atoms with Gasteiger partial charge >= 0.3 is 0 Å². The van der Waals surface area contributed by atoms with Crippen molar-refractivity contribution >= 4 is 11.3 Å². The van der Waals surface area contributed by atoms with Gasteiger partial charge in [0.2, 0.25) is 0 Å². The van der Waals surface area contributed by atoms with Crippen molar-refractivity contribution in [3.05, 3.63) is 29.3 Å². The molecule has 0 aliphatic heterocycles. The van der Waals surface area contributed by atoms with Gasteiger partial charge in [0, 0.05) is 12.1 Å². The average Bonchev–Trinajstić information content (AvgIpc) is 3.02. The van der Waals surface area contributed by atoms with Gasteiger partial charge in [0.05, 0.1) is 16.3 Å². The van der Waals surface area contributed by atoms with Crippen LogP contribution in [0.5, 0.6) is 0 Å². The molecule has 2 aromatic heterocycles. The molecule has 1 aliphatic carbocycles. The van der Waals surface area contributed by atoms with Crippen LogP contribution < -0.4 is 0 Å². The Bertz CT molecular complexity index is 488. The topological polar surface area (TPSA) is 38.7 Å². The lowest BCUT2D eigenvalue weighted by molar-refractivity contribution is 0.931. The molecule has 4 heteroatoms. The zero-order valence-electron chi connectivity index (χ0n) is 8.40. The van der Waals surface area contributed by atoms with Crippen molar-refractivity contribution in [2.45, 2.75) is 25.7 Å². The first kappa shape index (κ1) is 8.97. The molecule has 75 valence electrons. The number of rotatable bonds is 2. The molecular formula is C11H10N3S. The molecule has 0 aromatic carbocycles. The van der Waals surface area contributed by atoms with Crippen LogP contribution in [0.25, 0.3) is 10.6 Å². The fraction of sp³-hybridized carbons (Fsp3) is 0.364. The highest BCUT2D eigenvalue weighted by Crippen LogP contribution is 2.38. The van der Waals surface area contributed by atoms with Crippen LogP contribution in [0.3, 0.4) is 0 Å². The Morgan fingerprint density at radius 3 is 3.00 bits per heavy atom. The van der Waals surface area contributed by atoms with Crippen molar-refractivity contribution < 1.29 is 0 Å². The highest BCUT2D eigenvalue weighted by molar-refractivity contribution is 7.12. The van der Waals surface area contributed by atoms with Gasteiger partial charge in [-0.1, -0.05) is 0 Å². The number of aryl methyl sites for hydroxylation is 1. The standard InChI is InChI=1S/C11H10N3S/c1-7-10(15-6-13-7)9-4-5-12-11(14-9)8-2-3-8/h4-5,8H,2-3H2,1H3. The average molecular weight is 216 g/mol. The smallest absolute Gasteiger partial charge is 0.153 e. The van der Waals surface area contributed by atoms with E-state index in [-0.39, 0.29) is 0 Å². The molecule has 15 heavy (non-hydrogen) atoms. The van der Waals surface area contributed by atoms with Gasteiger partial charge in [-0.2, -0.15) is 0 Å². The van der Waals surface area contributed by atoms with Crippen LogP contribution in [-0.4, -0.2) is 15.0 Å². The van der Waals surface area contributed by atoms with Crippen molar-refractivity contribution in [2.75, 3.05) is 0 Å². The first-order chi connectivity index (χ1) is 7.34. The Balaban J connectivity index is 2.04. The molecule has 0 bridgehead atoms. The van der Waals surface area contributed by atoms with Crippen molar-refractivity contribution in [3.8, 4) is 10.6 Å². The molecule has 0 saturated heterocycles. The van der Waals surface area contributed by atoms with Gasteiger partial charge in [0.1, 0.15) is 5.82 Å². The van der Waals surface area contributed by atoms with Crippen LogP contribution in [0, 0.1) is 12.4 Å². The lowest BCUT2D eigenvalue weighted by atomic mass is 10.3. The maximum absolute atomic E-state index is 4.58. The van der Waals surface area contributed by atoms with Crippen LogP contribution in [0.1, 0.15) is 30.3 Å². The van der Waals surface area contributed by atoms with Gasteiger partial charge in [0.15, 0.2) is 5.51 Å². The highest BCUT2D eigenvalue weighted by atomic mass is 32.1. The van der Waals surface area contributed by atoms with E-state index in [1.165, 1.54) is 24.2 Å². The van der Waals surface area contributed by atoms with Crippen molar-refractivity contribution in [2.24, 2.45) is 0 Å². The monoisotopic (exact) mass is 216 g/mol. The van der Waals surface area contributed by atoms with Crippen molar-refractivity contribution in [1.82, 2.24) is 15.0 Å². The van der Waals surface area contributed by atoms with E-state index in [1.807, 2.05) is 19.2 Å². The molecule has 3 rings (SSSR count). The fourth-order valence-electron chi connectivity index (χ4n) is 1.54. The molecule has 2 aromatic rings. The number of thiazole rings is 1. The maximum Gasteiger partial charge on any atom is 0.153 e. The van der Waals surface area contributed by atoms with E-state index in [0.29, 0.717) is 5.92 Å². The first-order valence-electron chi connectivity index (χ1n) is 5.01. The van der Waals surface area contributed by atoms with Crippen LogP contribution in [0.2, 0.25) is 0 Å². The van der Waals surface area contributed by atoms with E-state index in [4.69, 9.17) is 0 Å². The van der Waals surface area contributed by atoms with E-state index in [9.17, 15) is 0 Å². The summed E-state index contributed by atoms with van der Waals surface area (Å²) in [5, 5.41) is 0. The summed E-state index contributed by atoms with van der Waals surface area (Å²) >= 11 is 1.52. The largest absolute Gasteiger partial charge is 0.241 e. The summed E-state index contributed by atoms with van der Waals surface area (Å²) in [6, 6.07) is 1.94. The number of hydrogen-bond acceptors (Lipinski definition) is 4. The zero-order chi connectivity index (χ0) is 10.3. The van der Waals surface area contributed by atoms with Gasteiger partial charge in [-0.25, -0.2) is 15.0 Å². The lowest BCUT2D eigenvalue weighted by Crippen LogP contribution is -1.93. The molecule has 0 spiro atoms. The molecule has 1 aliphatic rings. The summed E-state index contributed by atoms with van der Waals surface area (Å²) in [6.07, 6.45) is 4.31. The molecule has 1 fully saturated rings. The molecule has 3 nitrogen and oxygen atoms in total. The van der Waals surface area contributed by atoms with Gasteiger partial charge in [-0.3, -0.25) is 0 Å². The van der Waals surface area contributed by atoms with Gasteiger partial charge in [0.25, 0.3) is 0 Å². The van der Waals surface area contributed by atoms with Crippen LogP contribution >= 0.6 is 11.3 Å². The minimum atomic E-state index is 0.599. The molecule has 2 heterocycles. The SMILES string of the molecule is Cc1n[c]sc1-c1ccnc(C2CC2)n1. The Morgan fingerprint density at radius 2 is 2.33 bits per heavy atom. The first-order valence-corrected chi connectivity index (χ1v) is 5.83. The number of hydrogen-bond donors (Lipinski definition) is 0. The molecule has 0 amide bonds. The highest BCUT2D eigenvalue weighted by Gasteiger charge is 2.26. The van der Waals surface area contributed by atoms with Gasteiger partial charge in [-0.15, -0.1) is 11.3 Å². The Labute approximate surface area is 92.2 Å². The van der Waals surface area contributed by atoms with Crippen LogP contribution in [-0.2, 0) is 0 Å². The summed E-state index contributed by atoms with van der Waals surface area (Å²) in [7, 11) is 0. The fourth-order valence-corrected chi connectivity index (χ4v) is 2.22. The Morgan fingerprint density at radius 1 is 1.47 bits per heavy atom. The lowest BCUT2D eigenvalue weighted by Gasteiger charge is -2.00. The van der Waals surface area contributed by atoms with E-state index in [2.05, 4.69) is 20.5 Å². The summed E-state index contributed by atoms with van der Waals surface area (Å²) in [5.41, 5.74) is 4.88. The summed E-state index contributed by atoms with van der Waals surface area (Å²) in [4.78, 5) is 14.1. The Kier molecular flexibility index (Phi) is 2.02. The van der Waals surface area contributed by atoms with Gasteiger partial charge < -0.3 is 0 Å². The summed E-state index contributed by atoms with van der Waals surface area (Å²) in [6.45, 7) is 1.99. The molecule has 0 atom stereocenters. The second-order valence-electron chi connectivity index (χ2n) is 3.79. The third kappa shape index (κ3) is 1.65. The van der Waals surface area contributed by atoms with E-state index in [1.54, 1.807) is 0 Å². The molecule has 1 saturated carbocycles. The Hall–Kier alpha value is -1.29. The number of aromatic nitrogens is 3. The van der Waals surface area contributed by atoms with Crippen LogP contribution in [0.15, 0.2) is 12.3 Å². The maximum atomic E-state index is 4.58. The molecular weight excluding hydrogens is 206 g/mol. The summed E-state index contributed by atoms with van der Waals surface area (Å²) in [5.74, 6) is 1.59. The zero-order valence-corrected chi connectivity index (χ0v) is 9.21. The second-order valence-corrected chi connectivity index (χ2v) is 4.59. The minimum Gasteiger partial charge on any atom is -0.241 e. The predicted molar refractivity (Wildman–Crippen MR) is 58.7 cm³/mol. The third-order valence-corrected chi connectivity index (χ3v) is 3.43. The van der Waals surface area contributed by atoms with E-state index < -0.39 is 0 Å². The quantitative estimate of drug-likeness (QED) is 0.774. The third-order valence-electron chi connectivity index (χ3n) is 2.54. The minimum absolute atomic E-state index is 0.599. The van der Waals surface area contributed by atoms with E-state index >= 15 is 0 Å². The molecule has 0 unspecified atom stereocenters. The second kappa shape index (κ2) is 3.38. The predicted octanol–water partition coefficient (Wildman–Crippen LogP) is 2.59. The summed E-state index contributed by atoms with van der Waals surface area (Å²) < 4.78 is 0. The molecule has 1 radical (unpaired) electrons. The van der Waals surface area contributed by atoms with Crippen molar-refractivity contribution in [1.29, 1.82) is 0 Å². The van der Waals surface area contributed by atoms with Crippen LogP contribution in [0.4, 0.5) is 0 Å². The number of nitrogens with zero attached hydrogens (tertiary/aromatic N) is 3. The molecule has 0 N–H and O–H groups in total. The van der Waals surface area contributed by atoms with Crippen molar-refractivity contribution in [3.63, 3.8) is 0 Å².